The highest BCUT2D eigenvalue weighted by molar-refractivity contribution is 7.92. The average Bonchev–Trinajstić information content (AvgIpc) is 3.36. The fourth-order valence-electron chi connectivity index (χ4n) is 5.54. The molecular weight excluding hydrogens is 602 g/mol. The molecule has 1 spiro atoms. The molecule has 2 saturated heterocycles. The molecule has 0 bridgehead atoms. The van der Waals surface area contributed by atoms with Gasteiger partial charge in [-0.05, 0) is 43.5 Å². The Bertz CT molecular complexity index is 1550. The summed E-state index contributed by atoms with van der Waals surface area (Å²) < 4.78 is 70.0. The third kappa shape index (κ3) is 7.21. The zero-order valence-corrected chi connectivity index (χ0v) is 25.5. The van der Waals surface area contributed by atoms with Crippen molar-refractivity contribution in [1.29, 1.82) is 0 Å². The molecule has 5 rings (SSSR count). The molecule has 0 radical (unpaired) electrons. The minimum atomic E-state index is -3.88. The molecule has 16 heteroatoms. The number of sulfonamides is 1. The Morgan fingerprint density at radius 2 is 1.98 bits per heavy atom. The monoisotopic (exact) mass is 639 g/mol. The first-order valence-corrected chi connectivity index (χ1v) is 17.1. The van der Waals surface area contributed by atoms with Crippen LogP contribution in [-0.4, -0.2) is 114 Å². The summed E-state index contributed by atoms with van der Waals surface area (Å²) in [6.45, 7) is 2.36. The number of primary amides is 1. The maximum absolute atomic E-state index is 13.4. The van der Waals surface area contributed by atoms with Gasteiger partial charge >= 0.3 is 0 Å². The smallest absolute Gasteiger partial charge is 0.244 e. The van der Waals surface area contributed by atoms with Crippen molar-refractivity contribution in [2.24, 2.45) is 5.73 Å². The van der Waals surface area contributed by atoms with E-state index in [0.717, 1.165) is 0 Å². The number of nitrogens with two attached hydrogens (primary N) is 1. The fraction of sp³-hybridized carbons (Fsp3) is 0.556. The Hall–Kier alpha value is -3.02. The number of carbonyl (C=O) groups excluding carboxylic acids is 1. The van der Waals surface area contributed by atoms with Crippen LogP contribution in [0.5, 0.6) is 11.6 Å². The molecule has 2 atom stereocenters. The van der Waals surface area contributed by atoms with Crippen molar-refractivity contribution in [3.63, 3.8) is 0 Å². The maximum atomic E-state index is 13.4. The normalized spacial score (nSPS) is 21.3. The van der Waals surface area contributed by atoms with E-state index in [1.165, 1.54) is 28.7 Å². The van der Waals surface area contributed by atoms with Crippen LogP contribution in [0.25, 0.3) is 0 Å². The van der Waals surface area contributed by atoms with Gasteiger partial charge in [0.25, 0.3) is 0 Å². The minimum Gasteiger partial charge on any atom is -0.491 e. The standard InChI is InChI=1S/C27H37N5O9S2/c1-31-9-10-39-26-24(31)12-23(15-30-26)43(37,38)32-7-5-27(6-8-32)13-19(16-41-27)29-14-20(33)17-40-21-3-2-4-22(11-21)42(35,36)18-25(28)34/h2-4,11-12,15,19-20,29,33H,5-10,13-14,16-18H2,1H3,(H2,28,34). The third-order valence-electron chi connectivity index (χ3n) is 7.95. The molecule has 2 aromatic rings. The first-order valence-electron chi connectivity index (χ1n) is 14.0. The van der Waals surface area contributed by atoms with E-state index in [-0.39, 0.29) is 34.7 Å². The van der Waals surface area contributed by atoms with Gasteiger partial charge in [0, 0.05) is 32.7 Å². The van der Waals surface area contributed by atoms with Crippen LogP contribution in [0.1, 0.15) is 19.3 Å². The van der Waals surface area contributed by atoms with Gasteiger partial charge in [0.2, 0.25) is 21.8 Å². The van der Waals surface area contributed by atoms with E-state index >= 15 is 0 Å². The van der Waals surface area contributed by atoms with E-state index in [1.54, 1.807) is 12.1 Å². The lowest BCUT2D eigenvalue weighted by Gasteiger charge is -2.38. The number of carbonyl (C=O) groups is 1. The summed E-state index contributed by atoms with van der Waals surface area (Å²) >= 11 is 0. The van der Waals surface area contributed by atoms with Gasteiger partial charge in [-0.1, -0.05) is 6.07 Å². The topological polar surface area (TPSA) is 191 Å². The Labute approximate surface area is 251 Å². The van der Waals surface area contributed by atoms with Crippen LogP contribution in [-0.2, 0) is 29.4 Å². The summed E-state index contributed by atoms with van der Waals surface area (Å²) in [5.41, 5.74) is 5.23. The number of fused-ring (bicyclic) bond motifs is 1. The molecule has 1 aromatic heterocycles. The maximum Gasteiger partial charge on any atom is 0.244 e. The third-order valence-corrected chi connectivity index (χ3v) is 11.4. The number of amides is 1. The van der Waals surface area contributed by atoms with Gasteiger partial charge in [0.15, 0.2) is 9.84 Å². The number of hydrogen-bond acceptors (Lipinski definition) is 12. The number of piperidine rings is 1. The number of aromatic nitrogens is 1. The molecule has 1 aromatic carbocycles. The molecule has 4 N–H and O–H groups in total. The molecule has 14 nitrogen and oxygen atoms in total. The molecule has 2 unspecified atom stereocenters. The number of rotatable bonds is 11. The van der Waals surface area contributed by atoms with E-state index in [9.17, 15) is 26.7 Å². The highest BCUT2D eigenvalue weighted by atomic mass is 32.2. The van der Waals surface area contributed by atoms with Gasteiger partial charge in [-0.15, -0.1) is 0 Å². The molecule has 0 aliphatic carbocycles. The van der Waals surface area contributed by atoms with Crippen molar-refractivity contribution in [2.45, 2.75) is 46.8 Å². The van der Waals surface area contributed by atoms with E-state index in [1.807, 2.05) is 11.9 Å². The zero-order chi connectivity index (χ0) is 30.8. The Morgan fingerprint density at radius 1 is 1.21 bits per heavy atom. The number of nitrogens with zero attached hydrogens (tertiary/aromatic N) is 3. The molecular formula is C27H37N5O9S2. The number of anilines is 1. The van der Waals surface area contributed by atoms with E-state index < -0.39 is 43.2 Å². The van der Waals surface area contributed by atoms with E-state index in [4.69, 9.17) is 19.9 Å². The minimum absolute atomic E-state index is 0.0274. The summed E-state index contributed by atoms with van der Waals surface area (Å²) in [6, 6.07) is 7.26. The predicted molar refractivity (Wildman–Crippen MR) is 155 cm³/mol. The second kappa shape index (κ2) is 12.5. The summed E-state index contributed by atoms with van der Waals surface area (Å²) in [5.74, 6) is -1.09. The summed E-state index contributed by atoms with van der Waals surface area (Å²) in [4.78, 5) is 17.3. The van der Waals surface area contributed by atoms with Gasteiger partial charge in [-0.2, -0.15) is 4.31 Å². The molecule has 2 fully saturated rings. The highest BCUT2D eigenvalue weighted by Gasteiger charge is 2.45. The van der Waals surface area contributed by atoms with Crippen LogP contribution >= 0.6 is 0 Å². The summed E-state index contributed by atoms with van der Waals surface area (Å²) in [6.07, 6.45) is 2.24. The number of hydrogen-bond donors (Lipinski definition) is 3. The number of aliphatic hydroxyl groups excluding tert-OH is 1. The number of pyridine rings is 1. The summed E-state index contributed by atoms with van der Waals surface area (Å²) in [7, 11) is -5.73. The van der Waals surface area contributed by atoms with Gasteiger partial charge in [0.1, 0.15) is 41.4 Å². The highest BCUT2D eigenvalue weighted by Crippen LogP contribution is 2.38. The molecule has 3 aliphatic rings. The number of likely N-dealkylation sites (N-methyl/N-ethyl adjacent to an activating group) is 1. The lowest BCUT2D eigenvalue weighted by atomic mass is 9.88. The van der Waals surface area contributed by atoms with Crippen molar-refractivity contribution in [1.82, 2.24) is 14.6 Å². The number of sulfone groups is 1. The molecule has 0 saturated carbocycles. The van der Waals surface area contributed by atoms with Crippen molar-refractivity contribution < 1.29 is 40.9 Å². The summed E-state index contributed by atoms with van der Waals surface area (Å²) in [5, 5.41) is 13.7. The average molecular weight is 640 g/mol. The number of ether oxygens (including phenoxy) is 3. The molecule has 43 heavy (non-hydrogen) atoms. The van der Waals surface area contributed by atoms with Crippen LogP contribution in [0.4, 0.5) is 5.69 Å². The van der Waals surface area contributed by atoms with E-state index in [0.29, 0.717) is 63.7 Å². The largest absolute Gasteiger partial charge is 0.491 e. The van der Waals surface area contributed by atoms with Crippen molar-refractivity contribution in [3.8, 4) is 11.6 Å². The quantitative estimate of drug-likeness (QED) is 0.286. The van der Waals surface area contributed by atoms with E-state index in [2.05, 4.69) is 10.3 Å². The molecule has 1 amide bonds. The van der Waals surface area contributed by atoms with Gasteiger partial charge in [-0.3, -0.25) is 4.79 Å². The van der Waals surface area contributed by atoms with Crippen molar-refractivity contribution in [3.05, 3.63) is 36.5 Å². The first kappa shape index (κ1) is 31.4. The number of aliphatic hydroxyl groups is 1. The van der Waals surface area contributed by atoms with Crippen LogP contribution in [0.3, 0.4) is 0 Å². The Balaban J connectivity index is 1.08. The first-order chi connectivity index (χ1) is 20.4. The van der Waals surface area contributed by atoms with Crippen molar-refractivity contribution in [2.75, 3.05) is 63.7 Å². The second-order valence-electron chi connectivity index (χ2n) is 11.1. The van der Waals surface area contributed by atoms with Gasteiger partial charge < -0.3 is 35.3 Å². The van der Waals surface area contributed by atoms with Crippen LogP contribution in [0.2, 0.25) is 0 Å². The predicted octanol–water partition coefficient (Wildman–Crippen LogP) is -0.489. The number of nitrogens with one attached hydrogen (secondary N) is 1. The fourth-order valence-corrected chi connectivity index (χ4v) is 8.07. The van der Waals surface area contributed by atoms with Gasteiger partial charge in [-0.25, -0.2) is 21.8 Å². The molecule has 4 heterocycles. The molecule has 236 valence electrons. The number of benzene rings is 1. The zero-order valence-electron chi connectivity index (χ0n) is 23.8. The SMILES string of the molecule is CN1CCOc2ncc(S(=O)(=O)N3CCC4(CC3)CC(NCC(O)COc3cccc(S(=O)(=O)CC(N)=O)c3)CO4)cc21. The van der Waals surface area contributed by atoms with Crippen LogP contribution in [0.15, 0.2) is 46.3 Å². The van der Waals surface area contributed by atoms with Crippen molar-refractivity contribution >= 4 is 31.5 Å². The Kier molecular flexibility index (Phi) is 9.15. The lowest BCUT2D eigenvalue weighted by molar-refractivity contribution is -0.115. The molecule has 3 aliphatic heterocycles. The lowest BCUT2D eigenvalue weighted by Crippen LogP contribution is -2.47. The second-order valence-corrected chi connectivity index (χ2v) is 15.1. The Morgan fingerprint density at radius 3 is 2.72 bits per heavy atom. The van der Waals surface area contributed by atoms with Crippen LogP contribution in [0, 0.1) is 0 Å². The van der Waals surface area contributed by atoms with Crippen LogP contribution < -0.4 is 25.4 Å². The van der Waals surface area contributed by atoms with Gasteiger partial charge in [0.05, 0.1) is 29.8 Å².